The van der Waals surface area contributed by atoms with Gasteiger partial charge in [0.1, 0.15) is 6.34 Å². The van der Waals surface area contributed by atoms with Gasteiger partial charge in [-0.3, -0.25) is 5.01 Å². The first-order valence-electron chi connectivity index (χ1n) is 5.28. The van der Waals surface area contributed by atoms with E-state index in [2.05, 4.69) is 5.10 Å². The van der Waals surface area contributed by atoms with Crippen molar-refractivity contribution in [2.45, 2.75) is 40.0 Å². The number of hydrogen-bond donors (Lipinski definition) is 0. The van der Waals surface area contributed by atoms with E-state index in [0.29, 0.717) is 6.54 Å². The first-order valence-corrected chi connectivity index (χ1v) is 5.28. The van der Waals surface area contributed by atoms with Gasteiger partial charge in [-0.1, -0.05) is 20.8 Å². The van der Waals surface area contributed by atoms with Crippen LogP contribution < -0.4 is 0 Å². The molecule has 94 valence electrons. The molecule has 1 atom stereocenters. The van der Waals surface area contributed by atoms with Crippen molar-refractivity contribution in [1.82, 2.24) is 9.91 Å². The average molecular weight is 237 g/mol. The molecule has 1 unspecified atom stereocenters. The van der Waals surface area contributed by atoms with Crippen LogP contribution in [0.5, 0.6) is 0 Å². The second-order valence-electron chi connectivity index (χ2n) is 5.13. The van der Waals surface area contributed by atoms with Gasteiger partial charge in [0.05, 0.1) is 0 Å². The van der Waals surface area contributed by atoms with Crippen molar-refractivity contribution in [2.24, 2.45) is 10.5 Å². The van der Waals surface area contributed by atoms with Crippen molar-refractivity contribution in [3.8, 4) is 0 Å². The Morgan fingerprint density at radius 3 is 2.19 bits per heavy atom. The van der Waals surface area contributed by atoms with Crippen LogP contribution >= 0.6 is 0 Å². The standard InChI is InChI=1S/C10H18F3N3/c1-5-16-8(10(11,12)13)15(7-14-16)6-9(2,3)4/h7-8H,5-6H2,1-4H3. The molecule has 0 N–H and O–H groups in total. The molecule has 1 aliphatic rings. The van der Waals surface area contributed by atoms with Crippen molar-refractivity contribution >= 4 is 6.34 Å². The Morgan fingerprint density at radius 2 is 1.81 bits per heavy atom. The summed E-state index contributed by atoms with van der Waals surface area (Å²) in [6, 6.07) is 0. The first-order chi connectivity index (χ1) is 7.15. The highest BCUT2D eigenvalue weighted by Gasteiger charge is 2.49. The number of nitrogens with zero attached hydrogens (tertiary/aromatic N) is 3. The summed E-state index contributed by atoms with van der Waals surface area (Å²) in [4.78, 5) is 1.25. The maximum atomic E-state index is 12.9. The van der Waals surface area contributed by atoms with E-state index in [-0.39, 0.29) is 12.0 Å². The fourth-order valence-electron chi connectivity index (χ4n) is 1.72. The number of hydrogen-bond acceptors (Lipinski definition) is 3. The predicted molar refractivity (Wildman–Crippen MR) is 56.9 cm³/mol. The molecule has 1 rings (SSSR count). The predicted octanol–water partition coefficient (Wildman–Crippen LogP) is 2.50. The first kappa shape index (κ1) is 13.1. The molecule has 0 aromatic carbocycles. The van der Waals surface area contributed by atoms with Gasteiger partial charge >= 0.3 is 6.18 Å². The molecule has 16 heavy (non-hydrogen) atoms. The molecule has 0 saturated heterocycles. The van der Waals surface area contributed by atoms with Crippen LogP contribution in [0.2, 0.25) is 0 Å². The van der Waals surface area contributed by atoms with Crippen molar-refractivity contribution in [3.05, 3.63) is 0 Å². The zero-order valence-corrected chi connectivity index (χ0v) is 10.0. The minimum absolute atomic E-state index is 0.195. The SMILES string of the molecule is CCN1N=CN(CC(C)(C)C)C1C(F)(F)F. The number of rotatable bonds is 2. The minimum atomic E-state index is -4.28. The lowest BCUT2D eigenvalue weighted by atomic mass is 9.96. The Bertz CT molecular complexity index is 267. The van der Waals surface area contributed by atoms with Crippen LogP contribution in [-0.4, -0.2) is 41.7 Å². The van der Waals surface area contributed by atoms with Gasteiger partial charge in [0.2, 0.25) is 6.17 Å². The normalized spacial score (nSPS) is 22.1. The van der Waals surface area contributed by atoms with E-state index in [1.165, 1.54) is 11.2 Å². The molecule has 0 bridgehead atoms. The third-order valence-corrected chi connectivity index (χ3v) is 2.22. The van der Waals surface area contributed by atoms with E-state index in [4.69, 9.17) is 0 Å². The Kier molecular flexibility index (Phi) is 3.40. The summed E-state index contributed by atoms with van der Waals surface area (Å²) in [6.07, 6.45) is -4.61. The molecule has 0 aromatic heterocycles. The highest BCUT2D eigenvalue weighted by molar-refractivity contribution is 5.57. The maximum Gasteiger partial charge on any atom is 0.429 e. The van der Waals surface area contributed by atoms with Crippen LogP contribution in [0.1, 0.15) is 27.7 Å². The molecule has 0 spiro atoms. The van der Waals surface area contributed by atoms with Gasteiger partial charge in [0.25, 0.3) is 0 Å². The van der Waals surface area contributed by atoms with Gasteiger partial charge in [-0.15, -0.1) is 0 Å². The number of alkyl halides is 3. The summed E-state index contributed by atoms with van der Waals surface area (Å²) in [5.74, 6) is 0. The van der Waals surface area contributed by atoms with Gasteiger partial charge in [-0.2, -0.15) is 18.3 Å². The lowest BCUT2D eigenvalue weighted by Gasteiger charge is -2.34. The number of hydrazone groups is 1. The quantitative estimate of drug-likeness (QED) is 0.734. The monoisotopic (exact) mass is 237 g/mol. The van der Waals surface area contributed by atoms with Crippen molar-refractivity contribution in [2.75, 3.05) is 13.1 Å². The lowest BCUT2D eigenvalue weighted by Crippen LogP contribution is -2.52. The Hall–Kier alpha value is -0.940. The topological polar surface area (TPSA) is 18.8 Å². The smallest absolute Gasteiger partial charge is 0.331 e. The van der Waals surface area contributed by atoms with Crippen molar-refractivity contribution < 1.29 is 13.2 Å². The Morgan fingerprint density at radius 1 is 1.25 bits per heavy atom. The third-order valence-electron chi connectivity index (χ3n) is 2.22. The van der Waals surface area contributed by atoms with E-state index in [0.717, 1.165) is 5.01 Å². The van der Waals surface area contributed by atoms with Crippen LogP contribution in [-0.2, 0) is 0 Å². The van der Waals surface area contributed by atoms with E-state index in [1.807, 2.05) is 20.8 Å². The van der Waals surface area contributed by atoms with Crippen LogP contribution in [0, 0.1) is 5.41 Å². The molecule has 0 aliphatic carbocycles. The van der Waals surface area contributed by atoms with Gasteiger partial charge < -0.3 is 4.90 Å². The molecule has 0 amide bonds. The van der Waals surface area contributed by atoms with Crippen molar-refractivity contribution in [1.29, 1.82) is 0 Å². The molecule has 0 saturated carbocycles. The fourth-order valence-corrected chi connectivity index (χ4v) is 1.72. The Balaban J connectivity index is 2.82. The zero-order valence-electron chi connectivity index (χ0n) is 10.0. The van der Waals surface area contributed by atoms with Gasteiger partial charge in [-0.05, 0) is 12.3 Å². The largest absolute Gasteiger partial charge is 0.429 e. The lowest BCUT2D eigenvalue weighted by molar-refractivity contribution is -0.208. The van der Waals surface area contributed by atoms with Crippen LogP contribution in [0.4, 0.5) is 13.2 Å². The summed E-state index contributed by atoms with van der Waals surface area (Å²) in [7, 11) is 0. The summed E-state index contributed by atoms with van der Waals surface area (Å²) in [5.41, 5.74) is -0.195. The Labute approximate surface area is 93.9 Å². The molecule has 0 fully saturated rings. The molecule has 0 aromatic rings. The second-order valence-corrected chi connectivity index (χ2v) is 5.13. The van der Waals surface area contributed by atoms with Gasteiger partial charge in [0, 0.05) is 13.1 Å². The second kappa shape index (κ2) is 4.14. The summed E-state index contributed by atoms with van der Waals surface area (Å²) in [6.45, 7) is 7.96. The molecular weight excluding hydrogens is 219 g/mol. The molecular formula is C10H18F3N3. The molecule has 0 radical (unpaired) electrons. The summed E-state index contributed by atoms with van der Waals surface area (Å²) < 4.78 is 38.6. The summed E-state index contributed by atoms with van der Waals surface area (Å²) >= 11 is 0. The van der Waals surface area contributed by atoms with E-state index in [1.54, 1.807) is 6.92 Å². The van der Waals surface area contributed by atoms with Gasteiger partial charge in [0.15, 0.2) is 0 Å². The van der Waals surface area contributed by atoms with E-state index >= 15 is 0 Å². The third kappa shape index (κ3) is 3.02. The van der Waals surface area contributed by atoms with E-state index < -0.39 is 12.3 Å². The van der Waals surface area contributed by atoms with Gasteiger partial charge in [-0.25, -0.2) is 0 Å². The van der Waals surface area contributed by atoms with E-state index in [9.17, 15) is 13.2 Å². The van der Waals surface area contributed by atoms with Crippen LogP contribution in [0.25, 0.3) is 0 Å². The molecule has 1 heterocycles. The van der Waals surface area contributed by atoms with Crippen LogP contribution in [0.15, 0.2) is 5.10 Å². The minimum Gasteiger partial charge on any atom is -0.331 e. The van der Waals surface area contributed by atoms with Crippen molar-refractivity contribution in [3.63, 3.8) is 0 Å². The molecule has 3 nitrogen and oxygen atoms in total. The fraction of sp³-hybridized carbons (Fsp3) is 0.900. The zero-order chi connectivity index (χ0) is 12.6. The average Bonchev–Trinajstić information content (AvgIpc) is 2.43. The molecule has 6 heteroatoms. The molecule has 1 aliphatic heterocycles. The summed E-state index contributed by atoms with van der Waals surface area (Å²) in [5, 5.41) is 4.84. The van der Waals surface area contributed by atoms with Crippen LogP contribution in [0.3, 0.4) is 0 Å². The highest BCUT2D eigenvalue weighted by Crippen LogP contribution is 2.31. The number of halogens is 3. The maximum absolute atomic E-state index is 12.9. The highest BCUT2D eigenvalue weighted by atomic mass is 19.4.